The van der Waals surface area contributed by atoms with Crippen molar-refractivity contribution in [3.05, 3.63) is 53.4 Å². The summed E-state index contributed by atoms with van der Waals surface area (Å²) in [6, 6.07) is 11.1. The van der Waals surface area contributed by atoms with Crippen molar-refractivity contribution in [3.63, 3.8) is 0 Å². The van der Waals surface area contributed by atoms with Crippen LogP contribution < -0.4 is 5.32 Å². The Morgan fingerprint density at radius 2 is 2.04 bits per heavy atom. The maximum atomic E-state index is 12.1. The van der Waals surface area contributed by atoms with Crippen molar-refractivity contribution in [2.45, 2.75) is 38.8 Å². The first-order valence-corrected chi connectivity index (χ1v) is 8.15. The SMILES string of the molecule is CC(C)c1cc(CNC(=O)N(C)CC[C@@H](O)c2ccccc2)no1. The third kappa shape index (κ3) is 5.09. The van der Waals surface area contributed by atoms with Crippen LogP contribution in [0.4, 0.5) is 4.79 Å². The Kier molecular flexibility index (Phi) is 6.37. The molecule has 6 nitrogen and oxygen atoms in total. The first-order chi connectivity index (χ1) is 11.5. The van der Waals surface area contributed by atoms with Crippen molar-refractivity contribution < 1.29 is 14.4 Å². The van der Waals surface area contributed by atoms with Gasteiger partial charge in [0.25, 0.3) is 0 Å². The molecule has 1 aromatic heterocycles. The van der Waals surface area contributed by atoms with Crippen molar-refractivity contribution in [2.75, 3.05) is 13.6 Å². The number of amides is 2. The van der Waals surface area contributed by atoms with E-state index >= 15 is 0 Å². The third-order valence-electron chi connectivity index (χ3n) is 3.84. The first kappa shape index (κ1) is 18.0. The first-order valence-electron chi connectivity index (χ1n) is 8.15. The van der Waals surface area contributed by atoms with Gasteiger partial charge in [-0.15, -0.1) is 0 Å². The minimum Gasteiger partial charge on any atom is -0.388 e. The number of carbonyl (C=O) groups excluding carboxylic acids is 1. The van der Waals surface area contributed by atoms with Crippen LogP contribution in [0.25, 0.3) is 0 Å². The molecule has 0 saturated carbocycles. The topological polar surface area (TPSA) is 78.6 Å². The number of rotatable bonds is 7. The Hall–Kier alpha value is -2.34. The van der Waals surface area contributed by atoms with Crippen LogP contribution in [0.2, 0.25) is 0 Å². The third-order valence-corrected chi connectivity index (χ3v) is 3.84. The smallest absolute Gasteiger partial charge is 0.317 e. The van der Waals surface area contributed by atoms with E-state index in [4.69, 9.17) is 4.52 Å². The molecule has 0 aliphatic heterocycles. The predicted molar refractivity (Wildman–Crippen MR) is 91.5 cm³/mol. The van der Waals surface area contributed by atoms with Crippen LogP contribution in [0, 0.1) is 0 Å². The van der Waals surface area contributed by atoms with Gasteiger partial charge in [-0.05, 0) is 12.0 Å². The molecule has 2 rings (SSSR count). The van der Waals surface area contributed by atoms with Crippen LogP contribution in [0.15, 0.2) is 40.9 Å². The molecule has 0 spiro atoms. The molecule has 1 aromatic carbocycles. The second-order valence-corrected chi connectivity index (χ2v) is 6.17. The fraction of sp³-hybridized carbons (Fsp3) is 0.444. The second kappa shape index (κ2) is 8.49. The summed E-state index contributed by atoms with van der Waals surface area (Å²) >= 11 is 0. The number of nitrogens with one attached hydrogen (secondary N) is 1. The van der Waals surface area contributed by atoms with Gasteiger partial charge in [-0.3, -0.25) is 0 Å². The van der Waals surface area contributed by atoms with E-state index in [1.165, 1.54) is 0 Å². The number of aliphatic hydroxyl groups excluding tert-OH is 1. The van der Waals surface area contributed by atoms with Crippen LogP contribution in [-0.4, -0.2) is 34.8 Å². The molecule has 0 radical (unpaired) electrons. The minimum absolute atomic E-state index is 0.204. The van der Waals surface area contributed by atoms with Gasteiger partial charge < -0.3 is 19.8 Å². The Morgan fingerprint density at radius 3 is 2.67 bits per heavy atom. The quantitative estimate of drug-likeness (QED) is 0.817. The molecule has 1 atom stereocenters. The Balaban J connectivity index is 1.75. The molecule has 0 saturated heterocycles. The predicted octanol–water partition coefficient (Wildman–Crippen LogP) is 3.06. The van der Waals surface area contributed by atoms with Gasteiger partial charge in [0.1, 0.15) is 11.5 Å². The van der Waals surface area contributed by atoms with E-state index in [0.29, 0.717) is 25.2 Å². The summed E-state index contributed by atoms with van der Waals surface area (Å²) in [6.07, 6.45) is -0.0966. The fourth-order valence-electron chi connectivity index (χ4n) is 2.24. The number of hydrogen-bond donors (Lipinski definition) is 2. The summed E-state index contributed by atoms with van der Waals surface area (Å²) < 4.78 is 5.20. The van der Waals surface area contributed by atoms with Crippen LogP contribution >= 0.6 is 0 Å². The lowest BCUT2D eigenvalue weighted by Crippen LogP contribution is -2.37. The van der Waals surface area contributed by atoms with Gasteiger partial charge in [-0.25, -0.2) is 4.79 Å². The standard InChI is InChI=1S/C18H25N3O3/c1-13(2)17-11-15(20-24-17)12-19-18(23)21(3)10-9-16(22)14-7-5-4-6-8-14/h4-8,11,13,16,22H,9-10,12H2,1-3H3,(H,19,23)/t16-/m1/s1. The van der Waals surface area contributed by atoms with Crippen molar-refractivity contribution >= 4 is 6.03 Å². The Bertz CT molecular complexity index is 640. The molecule has 2 amide bonds. The van der Waals surface area contributed by atoms with Crippen LogP contribution in [0.5, 0.6) is 0 Å². The number of hydrogen-bond acceptors (Lipinski definition) is 4. The average molecular weight is 331 g/mol. The van der Waals surface area contributed by atoms with E-state index in [1.807, 2.05) is 50.2 Å². The molecule has 1 heterocycles. The van der Waals surface area contributed by atoms with Crippen LogP contribution in [0.1, 0.15) is 49.3 Å². The molecule has 0 aliphatic rings. The van der Waals surface area contributed by atoms with Gasteiger partial charge >= 0.3 is 6.03 Å². The molecular weight excluding hydrogens is 306 g/mol. The lowest BCUT2D eigenvalue weighted by atomic mass is 10.1. The maximum absolute atomic E-state index is 12.1. The molecule has 0 bridgehead atoms. The van der Waals surface area contributed by atoms with Gasteiger partial charge in [0.15, 0.2) is 0 Å². The van der Waals surface area contributed by atoms with E-state index in [0.717, 1.165) is 11.3 Å². The molecule has 0 unspecified atom stereocenters. The number of urea groups is 1. The van der Waals surface area contributed by atoms with Crippen LogP contribution in [0.3, 0.4) is 0 Å². The van der Waals surface area contributed by atoms with Gasteiger partial charge in [-0.1, -0.05) is 49.3 Å². The zero-order valence-electron chi connectivity index (χ0n) is 14.4. The molecular formula is C18H25N3O3. The summed E-state index contributed by atoms with van der Waals surface area (Å²) in [5.74, 6) is 1.07. The minimum atomic E-state index is -0.578. The average Bonchev–Trinajstić information content (AvgIpc) is 3.07. The summed E-state index contributed by atoms with van der Waals surface area (Å²) in [5, 5.41) is 16.9. The van der Waals surface area contributed by atoms with E-state index in [-0.39, 0.29) is 11.9 Å². The van der Waals surface area contributed by atoms with Gasteiger partial charge in [0, 0.05) is 25.6 Å². The van der Waals surface area contributed by atoms with E-state index < -0.39 is 6.10 Å². The summed E-state index contributed by atoms with van der Waals surface area (Å²) in [4.78, 5) is 13.6. The summed E-state index contributed by atoms with van der Waals surface area (Å²) in [7, 11) is 1.70. The molecule has 2 aromatic rings. The van der Waals surface area contributed by atoms with E-state index in [1.54, 1.807) is 11.9 Å². The number of carbonyl (C=O) groups is 1. The number of aromatic nitrogens is 1. The van der Waals surface area contributed by atoms with Crippen LogP contribution in [-0.2, 0) is 6.54 Å². The summed E-state index contributed by atoms with van der Waals surface area (Å²) in [5.41, 5.74) is 1.56. The summed E-state index contributed by atoms with van der Waals surface area (Å²) in [6.45, 7) is 4.82. The molecule has 24 heavy (non-hydrogen) atoms. The maximum Gasteiger partial charge on any atom is 0.317 e. The molecule has 6 heteroatoms. The van der Waals surface area contributed by atoms with Crippen molar-refractivity contribution in [1.29, 1.82) is 0 Å². The second-order valence-electron chi connectivity index (χ2n) is 6.17. The van der Waals surface area contributed by atoms with Crippen molar-refractivity contribution in [2.24, 2.45) is 0 Å². The van der Waals surface area contributed by atoms with E-state index in [9.17, 15) is 9.90 Å². The zero-order chi connectivity index (χ0) is 17.5. The van der Waals surface area contributed by atoms with Crippen molar-refractivity contribution in [1.82, 2.24) is 15.4 Å². The molecule has 0 fully saturated rings. The van der Waals surface area contributed by atoms with Gasteiger partial charge in [0.05, 0.1) is 12.6 Å². The van der Waals surface area contributed by atoms with Gasteiger partial charge in [-0.2, -0.15) is 0 Å². The van der Waals surface area contributed by atoms with Crippen molar-refractivity contribution in [3.8, 4) is 0 Å². The number of nitrogens with zero attached hydrogens (tertiary/aromatic N) is 2. The zero-order valence-corrected chi connectivity index (χ0v) is 14.4. The lowest BCUT2D eigenvalue weighted by Gasteiger charge is -2.19. The highest BCUT2D eigenvalue weighted by molar-refractivity contribution is 5.73. The highest BCUT2D eigenvalue weighted by Gasteiger charge is 2.13. The largest absolute Gasteiger partial charge is 0.388 e. The number of benzene rings is 1. The molecule has 2 N–H and O–H groups in total. The highest BCUT2D eigenvalue weighted by Crippen LogP contribution is 2.16. The lowest BCUT2D eigenvalue weighted by molar-refractivity contribution is 0.150. The fourth-order valence-corrected chi connectivity index (χ4v) is 2.24. The van der Waals surface area contributed by atoms with E-state index in [2.05, 4.69) is 10.5 Å². The Morgan fingerprint density at radius 1 is 1.33 bits per heavy atom. The Labute approximate surface area is 142 Å². The monoisotopic (exact) mass is 331 g/mol. The molecule has 0 aliphatic carbocycles. The highest BCUT2D eigenvalue weighted by atomic mass is 16.5. The van der Waals surface area contributed by atoms with Gasteiger partial charge in [0.2, 0.25) is 0 Å². The normalized spacial score (nSPS) is 12.2. The molecule has 130 valence electrons. The number of aliphatic hydroxyl groups is 1.